The lowest BCUT2D eigenvalue weighted by molar-refractivity contribution is -0.135. The molecule has 0 aliphatic rings. The fourth-order valence-electron chi connectivity index (χ4n) is 3.29. The van der Waals surface area contributed by atoms with Crippen LogP contribution in [-0.2, 0) is 14.3 Å². The Morgan fingerprint density at radius 2 is 1.29 bits per heavy atom. The van der Waals surface area contributed by atoms with E-state index in [9.17, 15) is 9.59 Å². The fourth-order valence-corrected chi connectivity index (χ4v) is 3.29. The van der Waals surface area contributed by atoms with Gasteiger partial charge in [-0.2, -0.15) is 0 Å². The molecule has 0 aliphatic heterocycles. The highest BCUT2D eigenvalue weighted by Gasteiger charge is 2.10. The maximum absolute atomic E-state index is 11.7. The first kappa shape index (κ1) is 25.2. The zero-order valence-electron chi connectivity index (χ0n) is 20.4. The molecule has 0 aromatic heterocycles. The highest BCUT2D eigenvalue weighted by Crippen LogP contribution is 2.30. The lowest BCUT2D eigenvalue weighted by atomic mass is 9.97. The number of carbonyl (C=O) groups excluding carboxylic acids is 2. The second-order valence-corrected chi connectivity index (χ2v) is 8.09. The van der Waals surface area contributed by atoms with Gasteiger partial charge in [0.25, 0.3) is 0 Å². The summed E-state index contributed by atoms with van der Waals surface area (Å²) in [6, 6.07) is 21.4. The fraction of sp³-hybridized carbons (Fsp3) is 0.133. The Hall–Kier alpha value is -4.38. The number of hydrogen-bond acceptors (Lipinski definition) is 5. The van der Waals surface area contributed by atoms with E-state index >= 15 is 0 Å². The number of hydrogen-bond donors (Lipinski definition) is 0. The van der Waals surface area contributed by atoms with Crippen LogP contribution in [0.25, 0.3) is 22.3 Å². The van der Waals surface area contributed by atoms with Gasteiger partial charge in [-0.15, -0.1) is 0 Å². The molecule has 178 valence electrons. The van der Waals surface area contributed by atoms with E-state index in [4.69, 9.17) is 14.2 Å². The van der Waals surface area contributed by atoms with Gasteiger partial charge in [0.2, 0.25) is 0 Å². The number of ether oxygens (including phenoxy) is 3. The van der Waals surface area contributed by atoms with Crippen LogP contribution in [0.4, 0.5) is 0 Å². The van der Waals surface area contributed by atoms with Crippen LogP contribution in [0.15, 0.2) is 103 Å². The van der Waals surface area contributed by atoms with Crippen molar-refractivity contribution in [3.8, 4) is 33.8 Å². The molecule has 5 nitrogen and oxygen atoms in total. The van der Waals surface area contributed by atoms with E-state index in [0.29, 0.717) is 28.6 Å². The van der Waals surface area contributed by atoms with E-state index in [-0.39, 0.29) is 0 Å². The average molecular weight is 469 g/mol. The van der Waals surface area contributed by atoms with Crippen molar-refractivity contribution in [2.75, 3.05) is 0 Å². The van der Waals surface area contributed by atoms with E-state index in [2.05, 4.69) is 37.4 Å². The number of aryl methyl sites for hydroxylation is 1. The predicted octanol–water partition coefficient (Wildman–Crippen LogP) is 7.17. The third-order valence-electron chi connectivity index (χ3n) is 5.33. The Balaban J connectivity index is 1.73. The van der Waals surface area contributed by atoms with Crippen molar-refractivity contribution in [3.05, 3.63) is 109 Å². The van der Waals surface area contributed by atoms with Gasteiger partial charge in [0.05, 0.1) is 0 Å². The van der Waals surface area contributed by atoms with Gasteiger partial charge >= 0.3 is 11.9 Å². The molecule has 0 saturated heterocycles. The maximum atomic E-state index is 11.7. The number of esters is 2. The van der Waals surface area contributed by atoms with Crippen molar-refractivity contribution in [1.29, 1.82) is 0 Å². The molecule has 3 aromatic carbocycles. The largest absolute Gasteiger partial charge is 0.459 e. The zero-order chi connectivity index (χ0) is 25.5. The number of carbonyl (C=O) groups is 2. The molecule has 0 amide bonds. The third-order valence-corrected chi connectivity index (χ3v) is 5.33. The molecule has 0 N–H and O–H groups in total. The highest BCUT2D eigenvalue weighted by atomic mass is 16.6. The number of allylic oxidation sites excluding steroid dienone is 2. The van der Waals surface area contributed by atoms with Gasteiger partial charge in [-0.3, -0.25) is 0 Å². The van der Waals surface area contributed by atoms with Crippen molar-refractivity contribution in [3.63, 3.8) is 0 Å². The second kappa shape index (κ2) is 11.2. The minimum atomic E-state index is -0.485. The van der Waals surface area contributed by atoms with E-state index in [1.165, 1.54) is 0 Å². The average Bonchev–Trinajstić information content (AvgIpc) is 2.84. The molecule has 0 unspecified atom stereocenters. The van der Waals surface area contributed by atoms with Gasteiger partial charge in [-0.25, -0.2) is 9.59 Å². The molecule has 0 fully saturated rings. The van der Waals surface area contributed by atoms with Crippen LogP contribution < -0.4 is 9.47 Å². The van der Waals surface area contributed by atoms with Crippen LogP contribution >= 0.6 is 0 Å². The smallest absolute Gasteiger partial charge is 0.338 e. The van der Waals surface area contributed by atoms with Gasteiger partial charge in [0.1, 0.15) is 23.0 Å². The molecule has 35 heavy (non-hydrogen) atoms. The Morgan fingerprint density at radius 3 is 1.83 bits per heavy atom. The molecule has 3 aromatic rings. The van der Waals surface area contributed by atoms with Crippen LogP contribution in [0, 0.1) is 6.92 Å². The monoisotopic (exact) mass is 468 g/mol. The van der Waals surface area contributed by atoms with E-state index in [1.54, 1.807) is 32.9 Å². The van der Waals surface area contributed by atoms with Gasteiger partial charge in [0, 0.05) is 11.6 Å². The standard InChI is InChI=1S/C30H28O5/c1-7-29(31)35-26-14-12-24(13-15-26)23-8-10-25(11-9-23)28-17-16-27(18-20(28)4)33-21(5)22(6)34-30(32)19(2)3/h7-18H,1-2H2,3-6H3. The Labute approximate surface area is 206 Å². The van der Waals surface area contributed by atoms with Crippen molar-refractivity contribution < 1.29 is 23.8 Å². The lowest BCUT2D eigenvalue weighted by Gasteiger charge is -2.13. The summed E-state index contributed by atoms with van der Waals surface area (Å²) in [5, 5.41) is 0. The molecule has 0 bridgehead atoms. The topological polar surface area (TPSA) is 61.8 Å². The first-order valence-corrected chi connectivity index (χ1v) is 11.1. The van der Waals surface area contributed by atoms with Gasteiger partial charge in [-0.1, -0.05) is 55.6 Å². The van der Waals surface area contributed by atoms with Gasteiger partial charge in [-0.05, 0) is 79.8 Å². The van der Waals surface area contributed by atoms with Crippen molar-refractivity contribution in [2.45, 2.75) is 27.7 Å². The summed E-state index contributed by atoms with van der Waals surface area (Å²) in [5.74, 6) is 1.06. The normalized spacial score (nSPS) is 11.2. The molecular weight excluding hydrogens is 440 g/mol. The molecule has 0 saturated carbocycles. The molecular formula is C30H28O5. The summed E-state index contributed by atoms with van der Waals surface area (Å²) < 4.78 is 16.2. The first-order chi connectivity index (χ1) is 16.7. The Bertz CT molecular complexity index is 1300. The quantitative estimate of drug-likeness (QED) is 0.152. The van der Waals surface area contributed by atoms with Crippen LogP contribution in [0.1, 0.15) is 26.3 Å². The van der Waals surface area contributed by atoms with Crippen molar-refractivity contribution in [2.24, 2.45) is 0 Å². The minimum Gasteiger partial charge on any atom is -0.459 e. The summed E-state index contributed by atoms with van der Waals surface area (Å²) in [7, 11) is 0. The predicted molar refractivity (Wildman–Crippen MR) is 138 cm³/mol. The summed E-state index contributed by atoms with van der Waals surface area (Å²) >= 11 is 0. The van der Waals surface area contributed by atoms with Crippen LogP contribution in [0.3, 0.4) is 0 Å². The zero-order valence-corrected chi connectivity index (χ0v) is 20.4. The van der Waals surface area contributed by atoms with Crippen LogP contribution in [0.2, 0.25) is 0 Å². The van der Waals surface area contributed by atoms with E-state index < -0.39 is 11.9 Å². The lowest BCUT2D eigenvalue weighted by Crippen LogP contribution is -2.06. The van der Waals surface area contributed by atoms with Crippen LogP contribution in [-0.4, -0.2) is 11.9 Å². The first-order valence-electron chi connectivity index (χ1n) is 11.1. The Morgan fingerprint density at radius 1 is 0.743 bits per heavy atom. The number of rotatable bonds is 8. The molecule has 0 heterocycles. The minimum absolute atomic E-state index is 0.328. The van der Waals surface area contributed by atoms with E-state index in [1.807, 2.05) is 37.3 Å². The van der Waals surface area contributed by atoms with Crippen LogP contribution in [0.5, 0.6) is 11.5 Å². The van der Waals surface area contributed by atoms with Crippen molar-refractivity contribution >= 4 is 11.9 Å². The SMILES string of the molecule is C=CC(=O)Oc1ccc(-c2ccc(-c3ccc(OC(C)=C(C)OC(=O)C(=C)C)cc3C)cc2)cc1. The molecule has 0 spiro atoms. The molecule has 0 radical (unpaired) electrons. The summed E-state index contributed by atoms with van der Waals surface area (Å²) in [6.45, 7) is 14.0. The Kier molecular flexibility index (Phi) is 8.05. The third kappa shape index (κ3) is 6.58. The summed E-state index contributed by atoms with van der Waals surface area (Å²) in [4.78, 5) is 23.0. The van der Waals surface area contributed by atoms with Crippen molar-refractivity contribution in [1.82, 2.24) is 0 Å². The molecule has 0 atom stereocenters. The summed E-state index contributed by atoms with van der Waals surface area (Å²) in [6.07, 6.45) is 1.13. The molecule has 5 heteroatoms. The van der Waals surface area contributed by atoms with E-state index in [0.717, 1.165) is 33.9 Å². The highest BCUT2D eigenvalue weighted by molar-refractivity contribution is 5.87. The summed E-state index contributed by atoms with van der Waals surface area (Å²) in [5.41, 5.74) is 5.60. The molecule has 0 aliphatic carbocycles. The second-order valence-electron chi connectivity index (χ2n) is 8.09. The molecule has 3 rings (SSSR count). The maximum Gasteiger partial charge on any atom is 0.338 e. The van der Waals surface area contributed by atoms with Gasteiger partial charge < -0.3 is 14.2 Å². The van der Waals surface area contributed by atoms with Gasteiger partial charge in [0.15, 0.2) is 0 Å². The number of benzene rings is 3.